The van der Waals surface area contributed by atoms with Gasteiger partial charge in [-0.2, -0.15) is 0 Å². The first-order chi connectivity index (χ1) is 19.0. The first-order valence-corrected chi connectivity index (χ1v) is 16.7. The van der Waals surface area contributed by atoms with Gasteiger partial charge in [0, 0.05) is 11.8 Å². The minimum Gasteiger partial charge on any atom is -0.443 e. The minimum atomic E-state index is -2.19. The van der Waals surface area contributed by atoms with Crippen molar-refractivity contribution in [2.45, 2.75) is 84.8 Å². The van der Waals surface area contributed by atoms with Gasteiger partial charge in [-0.1, -0.05) is 80.0 Å². The Bertz CT molecular complexity index is 1380. The molecule has 0 bridgehead atoms. The lowest BCUT2D eigenvalue weighted by Crippen LogP contribution is -2.42. The van der Waals surface area contributed by atoms with Gasteiger partial charge in [0.1, 0.15) is 11.4 Å². The zero-order valence-electron chi connectivity index (χ0n) is 25.7. The number of anilines is 1. The fraction of sp³-hybridized carbons (Fsp3) is 0.406. The number of hydrogen-bond acceptors (Lipinski definition) is 6. The van der Waals surface area contributed by atoms with E-state index in [4.69, 9.17) is 20.1 Å². The van der Waals surface area contributed by atoms with Gasteiger partial charge in [-0.15, -0.1) is 0 Å². The molecule has 220 valence electrons. The van der Waals surface area contributed by atoms with Crippen LogP contribution in [-0.2, 0) is 15.7 Å². The highest BCUT2D eigenvalue weighted by Gasteiger charge is 2.40. The van der Waals surface area contributed by atoms with Crippen molar-refractivity contribution in [3.05, 3.63) is 94.7 Å². The van der Waals surface area contributed by atoms with E-state index in [1.54, 1.807) is 18.3 Å². The second-order valence-electron chi connectivity index (χ2n) is 12.9. The number of ether oxygens (including phenoxy) is 1. The molecule has 0 aliphatic carbocycles. The number of benzene rings is 2. The Morgan fingerprint density at radius 2 is 1.66 bits per heavy atom. The van der Waals surface area contributed by atoms with Gasteiger partial charge >= 0.3 is 6.09 Å². The molecule has 0 aliphatic heterocycles. The van der Waals surface area contributed by atoms with Gasteiger partial charge in [-0.3, -0.25) is 4.90 Å². The third-order valence-corrected chi connectivity index (χ3v) is 11.7. The number of amidine groups is 1. The van der Waals surface area contributed by atoms with Crippen LogP contribution in [0.25, 0.3) is 0 Å². The number of amides is 1. The van der Waals surface area contributed by atoms with E-state index in [1.807, 2.05) is 51.1 Å². The van der Waals surface area contributed by atoms with Crippen LogP contribution in [0.15, 0.2) is 72.0 Å². The number of nitrogens with zero attached hydrogens (tertiary/aromatic N) is 3. The lowest BCUT2D eigenvalue weighted by molar-refractivity contribution is 0.0576. The molecule has 1 amide bonds. The molecule has 8 nitrogen and oxygen atoms in total. The van der Waals surface area contributed by atoms with Crippen molar-refractivity contribution in [2.75, 3.05) is 4.90 Å². The summed E-state index contributed by atoms with van der Waals surface area (Å²) in [5.41, 5.74) is 9.52. The molecule has 1 unspecified atom stereocenters. The lowest BCUT2D eigenvalue weighted by Gasteiger charge is -2.39. The maximum atomic E-state index is 13.5. The van der Waals surface area contributed by atoms with Crippen molar-refractivity contribution >= 4 is 26.1 Å². The molecule has 3 N–H and O–H groups in total. The maximum absolute atomic E-state index is 13.5. The molecular weight excluding hydrogens is 532 g/mol. The minimum absolute atomic E-state index is 0.00375. The van der Waals surface area contributed by atoms with Crippen molar-refractivity contribution in [1.82, 2.24) is 4.98 Å². The van der Waals surface area contributed by atoms with Crippen LogP contribution in [0.5, 0.6) is 0 Å². The van der Waals surface area contributed by atoms with Crippen LogP contribution in [0.1, 0.15) is 75.5 Å². The van der Waals surface area contributed by atoms with Gasteiger partial charge < -0.3 is 20.1 Å². The van der Waals surface area contributed by atoms with Crippen LogP contribution in [-0.4, -0.2) is 36.0 Å². The number of oxime groups is 1. The zero-order chi connectivity index (χ0) is 30.6. The van der Waals surface area contributed by atoms with E-state index in [9.17, 15) is 4.79 Å². The number of pyridine rings is 1. The Morgan fingerprint density at radius 1 is 1.02 bits per heavy atom. The molecule has 0 fully saturated rings. The predicted octanol–water partition coefficient (Wildman–Crippen LogP) is 7.54. The lowest BCUT2D eigenvalue weighted by atomic mass is 10.0. The molecule has 0 spiro atoms. The van der Waals surface area contributed by atoms with Crippen molar-refractivity contribution in [3.63, 3.8) is 0 Å². The standard InChI is InChI=1S/C32H44N4O4Si/c1-22-11-10-12-25(19-22)28(40-41(8,9)32(5,6)7)26-17-18-34-27(20-26)36(30(37)39-31(2,3)4)21-23-13-15-24(16-14-23)29(33)35-38/h10-20,28,38H,21H2,1-9H3,(H2,33,35). The number of aryl methyl sites for hydroxylation is 1. The number of aromatic nitrogens is 1. The first-order valence-electron chi connectivity index (χ1n) is 13.8. The summed E-state index contributed by atoms with van der Waals surface area (Å²) in [6.45, 7) is 18.9. The number of carbonyl (C=O) groups excluding carboxylic acids is 1. The van der Waals surface area contributed by atoms with Gasteiger partial charge in [0.2, 0.25) is 0 Å². The Morgan fingerprint density at radius 3 is 2.22 bits per heavy atom. The van der Waals surface area contributed by atoms with Gasteiger partial charge in [0.15, 0.2) is 14.2 Å². The molecule has 1 atom stereocenters. The first kappa shape index (κ1) is 31.8. The summed E-state index contributed by atoms with van der Waals surface area (Å²) < 4.78 is 12.8. The molecule has 3 aromatic rings. The van der Waals surface area contributed by atoms with E-state index in [0.29, 0.717) is 11.4 Å². The quantitative estimate of drug-likeness (QED) is 0.0942. The van der Waals surface area contributed by atoms with Gasteiger partial charge in [0.25, 0.3) is 0 Å². The summed E-state index contributed by atoms with van der Waals surface area (Å²) in [6.07, 6.45) is 0.861. The van der Waals surface area contributed by atoms with E-state index < -0.39 is 20.0 Å². The van der Waals surface area contributed by atoms with E-state index in [1.165, 1.54) is 4.90 Å². The highest BCUT2D eigenvalue weighted by Crippen LogP contribution is 2.42. The highest BCUT2D eigenvalue weighted by atomic mass is 28.4. The van der Waals surface area contributed by atoms with E-state index >= 15 is 0 Å². The van der Waals surface area contributed by atoms with Crippen molar-refractivity contribution < 1.29 is 19.2 Å². The summed E-state index contributed by atoms with van der Waals surface area (Å²) in [5, 5.41) is 12.1. The van der Waals surface area contributed by atoms with Crippen molar-refractivity contribution in [2.24, 2.45) is 10.9 Å². The summed E-state index contributed by atoms with van der Waals surface area (Å²) in [5.74, 6) is 0.465. The fourth-order valence-electron chi connectivity index (χ4n) is 3.96. The summed E-state index contributed by atoms with van der Waals surface area (Å²) in [7, 11) is -2.19. The summed E-state index contributed by atoms with van der Waals surface area (Å²) in [6, 6.07) is 19.3. The Balaban J connectivity index is 2.08. The van der Waals surface area contributed by atoms with E-state index in [-0.39, 0.29) is 23.5 Å². The molecule has 0 saturated heterocycles. The third kappa shape index (κ3) is 8.40. The Labute approximate surface area is 245 Å². The molecule has 2 aromatic carbocycles. The topological polar surface area (TPSA) is 110 Å². The number of hydrogen-bond donors (Lipinski definition) is 2. The van der Waals surface area contributed by atoms with Crippen molar-refractivity contribution in [1.29, 1.82) is 0 Å². The van der Waals surface area contributed by atoms with Crippen molar-refractivity contribution in [3.8, 4) is 0 Å². The zero-order valence-corrected chi connectivity index (χ0v) is 26.7. The average molecular weight is 577 g/mol. The molecule has 0 radical (unpaired) electrons. The van der Waals surface area contributed by atoms with Crippen LogP contribution < -0.4 is 10.6 Å². The number of rotatable bonds is 8. The molecule has 41 heavy (non-hydrogen) atoms. The van der Waals surface area contributed by atoms with Crippen LogP contribution in [0.3, 0.4) is 0 Å². The Hall–Kier alpha value is -3.69. The number of carbonyl (C=O) groups is 1. The van der Waals surface area contributed by atoms with Crippen LogP contribution in [0.4, 0.5) is 10.6 Å². The van der Waals surface area contributed by atoms with E-state index in [2.05, 4.69) is 69.1 Å². The van der Waals surface area contributed by atoms with Crippen LogP contribution in [0.2, 0.25) is 18.1 Å². The molecule has 3 rings (SSSR count). The largest absolute Gasteiger partial charge is 0.443 e. The van der Waals surface area contributed by atoms with Gasteiger partial charge in [-0.25, -0.2) is 9.78 Å². The molecule has 0 saturated carbocycles. The van der Waals surface area contributed by atoms with Crippen LogP contribution >= 0.6 is 0 Å². The van der Waals surface area contributed by atoms with Gasteiger partial charge in [0.05, 0.1) is 12.6 Å². The van der Waals surface area contributed by atoms with Crippen LogP contribution in [0, 0.1) is 6.92 Å². The summed E-state index contributed by atoms with van der Waals surface area (Å²) >= 11 is 0. The molecule has 1 aromatic heterocycles. The Kier molecular flexibility index (Phi) is 9.66. The summed E-state index contributed by atoms with van der Waals surface area (Å²) in [4.78, 5) is 19.6. The normalized spacial score (nSPS) is 13.5. The second-order valence-corrected chi connectivity index (χ2v) is 17.6. The van der Waals surface area contributed by atoms with E-state index in [0.717, 1.165) is 22.3 Å². The third-order valence-electron chi connectivity index (χ3n) is 7.22. The monoisotopic (exact) mass is 576 g/mol. The fourth-order valence-corrected chi connectivity index (χ4v) is 5.17. The SMILES string of the molecule is Cc1cccc(C(O[Si](C)(C)C(C)(C)C)c2ccnc(N(Cc3ccc(/C(N)=N/O)cc3)C(=O)OC(C)(C)C)c2)c1. The molecule has 1 heterocycles. The second kappa shape index (κ2) is 12.4. The average Bonchev–Trinajstić information content (AvgIpc) is 2.88. The molecular formula is C32H44N4O4Si. The maximum Gasteiger partial charge on any atom is 0.416 e. The molecule has 0 aliphatic rings. The molecule has 9 heteroatoms. The van der Waals surface area contributed by atoms with Gasteiger partial charge in [-0.05, 0) is 74.7 Å². The predicted molar refractivity (Wildman–Crippen MR) is 167 cm³/mol. The smallest absolute Gasteiger partial charge is 0.416 e. The highest BCUT2D eigenvalue weighted by molar-refractivity contribution is 6.74. The number of nitrogens with two attached hydrogens (primary N) is 1.